The van der Waals surface area contributed by atoms with Gasteiger partial charge in [-0.1, -0.05) is 6.07 Å². The van der Waals surface area contributed by atoms with E-state index in [-0.39, 0.29) is 11.8 Å². The number of piperidine rings is 1. The number of carbonyl (C=O) groups is 1. The Morgan fingerprint density at radius 3 is 2.54 bits per heavy atom. The largest absolute Gasteiger partial charge is 0.417 e. The summed E-state index contributed by atoms with van der Waals surface area (Å²) >= 11 is 0. The van der Waals surface area contributed by atoms with Gasteiger partial charge in [0.2, 0.25) is 5.91 Å². The van der Waals surface area contributed by atoms with Gasteiger partial charge in [-0.15, -0.1) is 0 Å². The standard InChI is InChI=1S/C20H19F3N4O/c1-13-2-5-18(25-12-13)26-19(28)14-6-8-27(9-7-14)16-4-3-15(11-24)17(10-16)20(21,22)23/h2-5,10,12,14H,6-9H2,1H3,(H,25,26,28). The van der Waals surface area contributed by atoms with E-state index in [1.165, 1.54) is 12.1 Å². The number of hydrogen-bond donors (Lipinski definition) is 1. The van der Waals surface area contributed by atoms with Gasteiger partial charge in [-0.25, -0.2) is 4.98 Å². The molecule has 1 aromatic carbocycles. The molecule has 1 aliphatic heterocycles. The van der Waals surface area contributed by atoms with E-state index in [2.05, 4.69) is 10.3 Å². The molecule has 8 heteroatoms. The number of alkyl halides is 3. The molecule has 5 nitrogen and oxygen atoms in total. The number of nitriles is 1. The molecule has 0 saturated carbocycles. The van der Waals surface area contributed by atoms with Gasteiger partial charge >= 0.3 is 6.18 Å². The van der Waals surface area contributed by atoms with Gasteiger partial charge in [0, 0.05) is 30.9 Å². The van der Waals surface area contributed by atoms with Gasteiger partial charge in [0.25, 0.3) is 0 Å². The fourth-order valence-corrected chi connectivity index (χ4v) is 3.23. The summed E-state index contributed by atoms with van der Waals surface area (Å²) in [4.78, 5) is 18.4. The first kappa shape index (κ1) is 19.7. The quantitative estimate of drug-likeness (QED) is 0.858. The average Bonchev–Trinajstić information content (AvgIpc) is 2.68. The minimum absolute atomic E-state index is 0.133. The molecule has 1 aromatic heterocycles. The van der Waals surface area contributed by atoms with Crippen molar-refractivity contribution in [2.45, 2.75) is 25.9 Å². The Hall–Kier alpha value is -3.08. The van der Waals surface area contributed by atoms with Crippen LogP contribution in [-0.4, -0.2) is 24.0 Å². The lowest BCUT2D eigenvalue weighted by molar-refractivity contribution is -0.137. The first-order valence-electron chi connectivity index (χ1n) is 8.88. The topological polar surface area (TPSA) is 69.0 Å². The predicted molar refractivity (Wildman–Crippen MR) is 98.7 cm³/mol. The summed E-state index contributed by atoms with van der Waals surface area (Å²) in [5.41, 5.74) is 0.0752. The van der Waals surface area contributed by atoms with Crippen molar-refractivity contribution >= 4 is 17.4 Å². The molecular weight excluding hydrogens is 369 g/mol. The van der Waals surface area contributed by atoms with E-state index in [4.69, 9.17) is 5.26 Å². The first-order chi connectivity index (χ1) is 13.3. The maximum Gasteiger partial charge on any atom is 0.417 e. The number of anilines is 2. The van der Waals surface area contributed by atoms with Crippen LogP contribution < -0.4 is 10.2 Å². The summed E-state index contributed by atoms with van der Waals surface area (Å²) in [6.45, 7) is 2.83. The second-order valence-corrected chi connectivity index (χ2v) is 6.81. The zero-order chi connectivity index (χ0) is 20.3. The number of nitrogens with one attached hydrogen (secondary N) is 1. The van der Waals surface area contributed by atoms with Crippen molar-refractivity contribution in [1.29, 1.82) is 5.26 Å². The Morgan fingerprint density at radius 1 is 1.25 bits per heavy atom. The maximum atomic E-state index is 13.2. The maximum absolute atomic E-state index is 13.2. The highest BCUT2D eigenvalue weighted by molar-refractivity contribution is 5.91. The summed E-state index contributed by atoms with van der Waals surface area (Å²) in [6, 6.07) is 8.89. The van der Waals surface area contributed by atoms with Crippen LogP contribution in [0.4, 0.5) is 24.7 Å². The molecule has 2 aromatic rings. The van der Waals surface area contributed by atoms with Gasteiger partial charge in [-0.3, -0.25) is 4.79 Å². The summed E-state index contributed by atoms with van der Waals surface area (Å²) in [6.07, 6.45) is -1.86. The lowest BCUT2D eigenvalue weighted by atomic mass is 9.95. The molecule has 0 unspecified atom stereocenters. The Labute approximate surface area is 160 Å². The average molecular weight is 388 g/mol. The zero-order valence-electron chi connectivity index (χ0n) is 15.3. The molecule has 1 aliphatic rings. The fraction of sp³-hybridized carbons (Fsp3) is 0.350. The monoisotopic (exact) mass is 388 g/mol. The molecule has 1 N–H and O–H groups in total. The van der Waals surface area contributed by atoms with E-state index in [9.17, 15) is 18.0 Å². The molecule has 0 atom stereocenters. The Kier molecular flexibility index (Phi) is 5.54. The number of amides is 1. The lowest BCUT2D eigenvalue weighted by Gasteiger charge is -2.33. The van der Waals surface area contributed by atoms with Crippen LogP contribution in [0.5, 0.6) is 0 Å². The lowest BCUT2D eigenvalue weighted by Crippen LogP contribution is -2.38. The number of rotatable bonds is 3. The number of nitrogens with zero attached hydrogens (tertiary/aromatic N) is 3. The van der Waals surface area contributed by atoms with E-state index in [1.54, 1.807) is 18.3 Å². The summed E-state index contributed by atoms with van der Waals surface area (Å²) in [7, 11) is 0. The smallest absolute Gasteiger partial charge is 0.371 e. The molecule has 0 spiro atoms. The Balaban J connectivity index is 1.64. The SMILES string of the molecule is Cc1ccc(NC(=O)C2CCN(c3ccc(C#N)c(C(F)(F)F)c3)CC2)nc1. The van der Waals surface area contributed by atoms with Crippen LogP contribution >= 0.6 is 0 Å². The van der Waals surface area contributed by atoms with Crippen molar-refractivity contribution in [2.24, 2.45) is 5.92 Å². The molecule has 28 heavy (non-hydrogen) atoms. The summed E-state index contributed by atoms with van der Waals surface area (Å²) in [5, 5.41) is 11.7. The van der Waals surface area contributed by atoms with Crippen molar-refractivity contribution in [3.8, 4) is 6.07 Å². The van der Waals surface area contributed by atoms with E-state index in [0.29, 0.717) is 37.4 Å². The number of aromatic nitrogens is 1. The molecule has 1 saturated heterocycles. The number of benzene rings is 1. The fourth-order valence-electron chi connectivity index (χ4n) is 3.23. The van der Waals surface area contributed by atoms with Crippen molar-refractivity contribution in [1.82, 2.24) is 4.98 Å². The van der Waals surface area contributed by atoms with Gasteiger partial charge in [0.15, 0.2) is 0 Å². The van der Waals surface area contributed by atoms with Crippen LogP contribution in [-0.2, 0) is 11.0 Å². The van der Waals surface area contributed by atoms with Crippen LogP contribution in [0.1, 0.15) is 29.5 Å². The predicted octanol–water partition coefficient (Wildman–Crippen LogP) is 4.14. The third-order valence-electron chi connectivity index (χ3n) is 4.82. The number of aryl methyl sites for hydroxylation is 1. The minimum atomic E-state index is -4.58. The normalized spacial score (nSPS) is 15.2. The Morgan fingerprint density at radius 2 is 1.96 bits per heavy atom. The van der Waals surface area contributed by atoms with Crippen LogP contribution in [0.2, 0.25) is 0 Å². The first-order valence-corrected chi connectivity index (χ1v) is 8.88. The van der Waals surface area contributed by atoms with Crippen molar-refractivity contribution in [3.05, 3.63) is 53.2 Å². The molecule has 2 heterocycles. The Bertz CT molecular complexity index is 895. The van der Waals surface area contributed by atoms with Crippen molar-refractivity contribution in [2.75, 3.05) is 23.3 Å². The zero-order valence-corrected chi connectivity index (χ0v) is 15.3. The van der Waals surface area contributed by atoms with Crippen LogP contribution in [0, 0.1) is 24.2 Å². The third-order valence-corrected chi connectivity index (χ3v) is 4.82. The van der Waals surface area contributed by atoms with Gasteiger partial charge in [0.1, 0.15) is 5.82 Å². The molecule has 0 bridgehead atoms. The van der Waals surface area contributed by atoms with Crippen LogP contribution in [0.25, 0.3) is 0 Å². The second kappa shape index (κ2) is 7.89. The molecule has 0 radical (unpaired) electrons. The van der Waals surface area contributed by atoms with Crippen molar-refractivity contribution in [3.63, 3.8) is 0 Å². The highest BCUT2D eigenvalue weighted by Crippen LogP contribution is 2.35. The number of pyridine rings is 1. The van der Waals surface area contributed by atoms with Gasteiger partial charge < -0.3 is 10.2 Å². The summed E-state index contributed by atoms with van der Waals surface area (Å²) < 4.78 is 39.5. The van der Waals surface area contributed by atoms with Gasteiger partial charge in [0.05, 0.1) is 17.2 Å². The van der Waals surface area contributed by atoms with Crippen LogP contribution in [0.15, 0.2) is 36.5 Å². The molecular formula is C20H19F3N4O. The van der Waals surface area contributed by atoms with Gasteiger partial charge in [-0.2, -0.15) is 18.4 Å². The molecule has 0 aliphatic carbocycles. The highest BCUT2D eigenvalue weighted by atomic mass is 19.4. The number of halogens is 3. The van der Waals surface area contributed by atoms with Gasteiger partial charge in [-0.05, 0) is 49.6 Å². The molecule has 146 valence electrons. The van der Waals surface area contributed by atoms with E-state index >= 15 is 0 Å². The van der Waals surface area contributed by atoms with E-state index in [1.807, 2.05) is 17.9 Å². The number of carbonyl (C=O) groups excluding carboxylic acids is 1. The second-order valence-electron chi connectivity index (χ2n) is 6.81. The molecule has 1 fully saturated rings. The van der Waals surface area contributed by atoms with Crippen molar-refractivity contribution < 1.29 is 18.0 Å². The van der Waals surface area contributed by atoms with E-state index in [0.717, 1.165) is 11.6 Å². The molecule has 3 rings (SSSR count). The number of hydrogen-bond acceptors (Lipinski definition) is 4. The third kappa shape index (κ3) is 4.42. The minimum Gasteiger partial charge on any atom is -0.371 e. The van der Waals surface area contributed by atoms with Crippen LogP contribution in [0.3, 0.4) is 0 Å². The highest BCUT2D eigenvalue weighted by Gasteiger charge is 2.34. The van der Waals surface area contributed by atoms with E-state index < -0.39 is 17.3 Å². The summed E-state index contributed by atoms with van der Waals surface area (Å²) in [5.74, 6) is 0.131. The molecule has 1 amide bonds.